The van der Waals surface area contributed by atoms with Gasteiger partial charge >= 0.3 is 0 Å². The Hall–Kier alpha value is -1.09. The molecule has 1 aliphatic rings. The summed E-state index contributed by atoms with van der Waals surface area (Å²) >= 11 is 0. The zero-order chi connectivity index (χ0) is 15.3. The van der Waals surface area contributed by atoms with Crippen LogP contribution in [0.3, 0.4) is 0 Å². The summed E-state index contributed by atoms with van der Waals surface area (Å²) in [6, 6.07) is 2.84. The van der Waals surface area contributed by atoms with Crippen molar-refractivity contribution in [3.05, 3.63) is 24.0 Å². The fraction of sp³-hybridized carbons (Fsp3) is 0.722. The molecule has 1 atom stereocenters. The summed E-state index contributed by atoms with van der Waals surface area (Å²) in [6.45, 7) is 11.0. The van der Waals surface area contributed by atoms with E-state index < -0.39 is 0 Å². The van der Waals surface area contributed by atoms with E-state index in [-0.39, 0.29) is 5.54 Å². The number of hydrogen-bond donors (Lipinski definition) is 1. The first-order valence-electron chi connectivity index (χ1n) is 8.46. The molecule has 0 spiro atoms. The number of nitrogens with one attached hydrogen (secondary N) is 1. The van der Waals surface area contributed by atoms with Crippen LogP contribution in [0.1, 0.15) is 65.4 Å². The fourth-order valence-corrected chi connectivity index (χ4v) is 3.10. The zero-order valence-electron chi connectivity index (χ0n) is 14.2. The van der Waals surface area contributed by atoms with Gasteiger partial charge in [-0.25, -0.2) is 0 Å². The molecular weight excluding hydrogens is 258 g/mol. The topological polar surface area (TPSA) is 28.2 Å². The van der Waals surface area contributed by atoms with E-state index in [9.17, 15) is 0 Å². The van der Waals surface area contributed by atoms with Crippen LogP contribution < -0.4 is 10.2 Å². The lowest BCUT2D eigenvalue weighted by Crippen LogP contribution is -2.38. The normalized spacial score (nSPS) is 20.4. The highest BCUT2D eigenvalue weighted by atomic mass is 15.2. The summed E-state index contributed by atoms with van der Waals surface area (Å²) in [5.74, 6) is 0. The number of pyridine rings is 1. The summed E-state index contributed by atoms with van der Waals surface area (Å²) in [5, 5.41) is 3.61. The van der Waals surface area contributed by atoms with Crippen molar-refractivity contribution >= 4 is 5.69 Å². The Morgan fingerprint density at radius 3 is 2.81 bits per heavy atom. The minimum absolute atomic E-state index is 0.142. The lowest BCUT2D eigenvalue weighted by atomic mass is 10.1. The Bertz CT molecular complexity index is 436. The van der Waals surface area contributed by atoms with E-state index in [4.69, 9.17) is 0 Å². The van der Waals surface area contributed by atoms with Gasteiger partial charge in [0.25, 0.3) is 0 Å². The Kier molecular flexibility index (Phi) is 5.63. The van der Waals surface area contributed by atoms with E-state index in [1.807, 2.05) is 6.20 Å². The van der Waals surface area contributed by atoms with Gasteiger partial charge in [-0.15, -0.1) is 0 Å². The van der Waals surface area contributed by atoms with Gasteiger partial charge in [0.2, 0.25) is 0 Å². The summed E-state index contributed by atoms with van der Waals surface area (Å²) in [5.41, 5.74) is 2.85. The molecule has 1 aromatic heterocycles. The molecule has 21 heavy (non-hydrogen) atoms. The average Bonchev–Trinajstić information content (AvgIpc) is 2.69. The Morgan fingerprint density at radius 2 is 2.10 bits per heavy atom. The molecular formula is C18H31N3. The lowest BCUT2D eigenvalue weighted by Gasteiger charge is -2.33. The van der Waals surface area contributed by atoms with Crippen LogP contribution in [0.15, 0.2) is 18.5 Å². The molecule has 1 aromatic rings. The highest BCUT2D eigenvalue weighted by Gasteiger charge is 2.22. The molecule has 3 heteroatoms. The van der Waals surface area contributed by atoms with Crippen LogP contribution in [0.2, 0.25) is 0 Å². The summed E-state index contributed by atoms with van der Waals surface area (Å²) in [4.78, 5) is 7.01. The third-order valence-corrected chi connectivity index (χ3v) is 4.35. The Labute approximate surface area is 130 Å². The first-order valence-corrected chi connectivity index (χ1v) is 8.46. The van der Waals surface area contributed by atoms with Crippen LogP contribution in [0.5, 0.6) is 0 Å². The predicted molar refractivity (Wildman–Crippen MR) is 90.7 cm³/mol. The molecule has 1 saturated heterocycles. The third-order valence-electron chi connectivity index (χ3n) is 4.35. The Balaban J connectivity index is 2.20. The second kappa shape index (κ2) is 7.26. The van der Waals surface area contributed by atoms with Crippen molar-refractivity contribution in [3.63, 3.8) is 0 Å². The number of nitrogens with zero attached hydrogens (tertiary/aromatic N) is 2. The van der Waals surface area contributed by atoms with E-state index in [0.29, 0.717) is 6.04 Å². The summed E-state index contributed by atoms with van der Waals surface area (Å²) < 4.78 is 0. The van der Waals surface area contributed by atoms with Crippen molar-refractivity contribution < 1.29 is 0 Å². The number of aromatic nitrogens is 1. The van der Waals surface area contributed by atoms with Crippen LogP contribution >= 0.6 is 0 Å². The maximum Gasteiger partial charge on any atom is 0.0600 e. The van der Waals surface area contributed by atoms with Gasteiger partial charge in [-0.1, -0.05) is 19.8 Å². The summed E-state index contributed by atoms with van der Waals surface area (Å²) in [6.07, 6.45) is 10.6. The van der Waals surface area contributed by atoms with Gasteiger partial charge < -0.3 is 10.2 Å². The van der Waals surface area contributed by atoms with Gasteiger partial charge in [0, 0.05) is 30.9 Å². The molecule has 2 rings (SSSR count). The van der Waals surface area contributed by atoms with Gasteiger partial charge in [-0.3, -0.25) is 4.98 Å². The van der Waals surface area contributed by atoms with Crippen LogP contribution in [0.25, 0.3) is 0 Å². The van der Waals surface area contributed by atoms with Crippen molar-refractivity contribution in [1.29, 1.82) is 0 Å². The van der Waals surface area contributed by atoms with Crippen LogP contribution in [-0.4, -0.2) is 23.1 Å². The molecule has 0 aliphatic carbocycles. The van der Waals surface area contributed by atoms with Gasteiger partial charge in [0.05, 0.1) is 11.9 Å². The molecule has 0 bridgehead atoms. The maximum atomic E-state index is 4.39. The molecule has 118 valence electrons. The van der Waals surface area contributed by atoms with Gasteiger partial charge in [0.1, 0.15) is 0 Å². The van der Waals surface area contributed by atoms with E-state index in [1.165, 1.54) is 49.9 Å². The SMILES string of the molecule is CCC1CCCCCN1c1cnccc1CNC(C)(C)C. The smallest absolute Gasteiger partial charge is 0.0600 e. The molecule has 0 radical (unpaired) electrons. The Morgan fingerprint density at radius 1 is 1.29 bits per heavy atom. The number of hydrogen-bond acceptors (Lipinski definition) is 3. The highest BCUT2D eigenvalue weighted by molar-refractivity contribution is 5.52. The van der Waals surface area contributed by atoms with Crippen molar-refractivity contribution in [1.82, 2.24) is 10.3 Å². The maximum absolute atomic E-state index is 4.39. The first kappa shape index (κ1) is 16.3. The van der Waals surface area contributed by atoms with E-state index in [0.717, 1.165) is 6.54 Å². The fourth-order valence-electron chi connectivity index (χ4n) is 3.10. The van der Waals surface area contributed by atoms with Crippen molar-refractivity contribution in [2.75, 3.05) is 11.4 Å². The van der Waals surface area contributed by atoms with Crippen LogP contribution in [0, 0.1) is 0 Å². The van der Waals surface area contributed by atoms with Crippen LogP contribution in [0.4, 0.5) is 5.69 Å². The second-order valence-electron chi connectivity index (χ2n) is 7.21. The first-order chi connectivity index (χ1) is 10.0. The molecule has 0 aromatic carbocycles. The van der Waals surface area contributed by atoms with E-state index >= 15 is 0 Å². The summed E-state index contributed by atoms with van der Waals surface area (Å²) in [7, 11) is 0. The van der Waals surface area contributed by atoms with Gasteiger partial charge in [-0.2, -0.15) is 0 Å². The standard InChI is InChI=1S/C18H31N3/c1-5-16-9-7-6-8-12-21(16)17-14-19-11-10-15(17)13-20-18(2,3)4/h10-11,14,16,20H,5-9,12-13H2,1-4H3. The number of anilines is 1. The third kappa shape index (κ3) is 4.70. The molecule has 3 nitrogen and oxygen atoms in total. The quantitative estimate of drug-likeness (QED) is 0.903. The molecule has 1 aliphatic heterocycles. The minimum Gasteiger partial charge on any atom is -0.367 e. The van der Waals surface area contributed by atoms with Gasteiger partial charge in [-0.05, 0) is 51.7 Å². The molecule has 1 N–H and O–H groups in total. The monoisotopic (exact) mass is 289 g/mol. The highest BCUT2D eigenvalue weighted by Crippen LogP contribution is 2.28. The molecule has 2 heterocycles. The molecule has 1 fully saturated rings. The zero-order valence-corrected chi connectivity index (χ0v) is 14.2. The van der Waals surface area contributed by atoms with Crippen molar-refractivity contribution in [2.24, 2.45) is 0 Å². The van der Waals surface area contributed by atoms with E-state index in [2.05, 4.69) is 55.2 Å². The van der Waals surface area contributed by atoms with Crippen molar-refractivity contribution in [2.45, 2.75) is 77.9 Å². The van der Waals surface area contributed by atoms with E-state index in [1.54, 1.807) is 0 Å². The average molecular weight is 289 g/mol. The van der Waals surface area contributed by atoms with Crippen LogP contribution in [-0.2, 0) is 6.54 Å². The number of rotatable bonds is 4. The minimum atomic E-state index is 0.142. The molecule has 1 unspecified atom stereocenters. The van der Waals surface area contributed by atoms with Crippen molar-refractivity contribution in [3.8, 4) is 0 Å². The molecule has 0 saturated carbocycles. The predicted octanol–water partition coefficient (Wildman–Crippen LogP) is 4.13. The lowest BCUT2D eigenvalue weighted by molar-refractivity contribution is 0.423. The largest absolute Gasteiger partial charge is 0.367 e. The molecule has 0 amide bonds. The second-order valence-corrected chi connectivity index (χ2v) is 7.21. The van der Waals surface area contributed by atoms with Gasteiger partial charge in [0.15, 0.2) is 0 Å².